The van der Waals surface area contributed by atoms with Crippen LogP contribution in [0.3, 0.4) is 0 Å². The molecule has 4 unspecified atom stereocenters. The van der Waals surface area contributed by atoms with Gasteiger partial charge in [0.2, 0.25) is 23.6 Å². The number of esters is 1. The molecular formula is C40H65N5O10. The first-order valence-electron chi connectivity index (χ1n) is 19.2. The van der Waals surface area contributed by atoms with E-state index < -0.39 is 84.4 Å². The van der Waals surface area contributed by atoms with Crippen LogP contribution in [0, 0.1) is 17.8 Å². The highest BCUT2D eigenvalue weighted by atomic mass is 16.5. The lowest BCUT2D eigenvalue weighted by Crippen LogP contribution is -2.59. The highest BCUT2D eigenvalue weighted by Crippen LogP contribution is 2.29. The first-order chi connectivity index (χ1) is 25.9. The molecule has 0 spiro atoms. The van der Waals surface area contributed by atoms with Crippen LogP contribution in [-0.4, -0.2) is 147 Å². The number of hydrogen-bond donors (Lipinski definition) is 3. The molecule has 1 aromatic carbocycles. The molecule has 0 radical (unpaired) electrons. The molecule has 1 aliphatic heterocycles. The van der Waals surface area contributed by atoms with Gasteiger partial charge in [-0.05, 0) is 44.3 Å². The van der Waals surface area contributed by atoms with Gasteiger partial charge in [-0.2, -0.15) is 0 Å². The first kappa shape index (κ1) is 47.1. The molecule has 0 aromatic heterocycles. The number of carbonyl (C=O) groups is 6. The molecule has 55 heavy (non-hydrogen) atoms. The van der Waals surface area contributed by atoms with Crippen LogP contribution in [0.15, 0.2) is 30.3 Å². The molecule has 3 N–H and O–H groups in total. The Hall–Kier alpha value is -4.08. The number of nitrogens with zero attached hydrogens (tertiary/aromatic N) is 3. The molecule has 0 bridgehead atoms. The molecule has 1 saturated heterocycles. The quantitative estimate of drug-likeness (QED) is 0.147. The Morgan fingerprint density at radius 1 is 0.891 bits per heavy atom. The number of methoxy groups -OCH3 is 3. The molecule has 1 aliphatic rings. The highest BCUT2D eigenvalue weighted by molar-refractivity contribution is 5.92. The van der Waals surface area contributed by atoms with Gasteiger partial charge in [-0.25, -0.2) is 4.79 Å². The third-order valence-corrected chi connectivity index (χ3v) is 10.8. The molecular weight excluding hydrogens is 710 g/mol. The summed E-state index contributed by atoms with van der Waals surface area (Å²) >= 11 is 0. The van der Waals surface area contributed by atoms with E-state index in [0.717, 1.165) is 5.56 Å². The van der Waals surface area contributed by atoms with E-state index in [9.17, 15) is 33.9 Å². The Balaban J connectivity index is 2.30. The zero-order valence-corrected chi connectivity index (χ0v) is 34.6. The molecule has 1 fully saturated rings. The largest absolute Gasteiger partial charge is 0.481 e. The zero-order chi connectivity index (χ0) is 41.6. The number of aliphatic carboxylic acids is 1. The van der Waals surface area contributed by atoms with Crippen molar-refractivity contribution < 1.29 is 48.1 Å². The average molecular weight is 776 g/mol. The summed E-state index contributed by atoms with van der Waals surface area (Å²) in [6.45, 7) is 9.73. The van der Waals surface area contributed by atoms with Crippen molar-refractivity contribution in [3.05, 3.63) is 35.9 Å². The molecule has 4 amide bonds. The van der Waals surface area contributed by atoms with Gasteiger partial charge in [0.15, 0.2) is 0 Å². The van der Waals surface area contributed by atoms with Crippen molar-refractivity contribution in [2.24, 2.45) is 17.8 Å². The number of nitrogens with one attached hydrogen (secondary N) is 2. The Kier molecular flexibility index (Phi) is 19.2. The van der Waals surface area contributed by atoms with Crippen molar-refractivity contribution in [2.45, 2.75) is 116 Å². The minimum absolute atomic E-state index is 0.106. The third kappa shape index (κ3) is 13.0. The Morgan fingerprint density at radius 2 is 1.51 bits per heavy atom. The number of carboxylic acids is 1. The van der Waals surface area contributed by atoms with E-state index in [1.807, 2.05) is 58.0 Å². The van der Waals surface area contributed by atoms with Crippen LogP contribution >= 0.6 is 0 Å². The first-order valence-corrected chi connectivity index (χ1v) is 19.2. The van der Waals surface area contributed by atoms with Gasteiger partial charge in [-0.3, -0.25) is 28.9 Å². The van der Waals surface area contributed by atoms with Crippen molar-refractivity contribution in [2.75, 3.05) is 49.0 Å². The van der Waals surface area contributed by atoms with Crippen LogP contribution in [0.4, 0.5) is 0 Å². The van der Waals surface area contributed by atoms with E-state index in [4.69, 9.17) is 14.2 Å². The molecule has 0 aliphatic carbocycles. The monoisotopic (exact) mass is 775 g/mol. The van der Waals surface area contributed by atoms with E-state index in [2.05, 4.69) is 10.6 Å². The molecule has 9 atom stereocenters. The summed E-state index contributed by atoms with van der Waals surface area (Å²) in [5, 5.41) is 15.2. The molecule has 1 aromatic rings. The zero-order valence-electron chi connectivity index (χ0n) is 34.6. The van der Waals surface area contributed by atoms with Gasteiger partial charge in [0.05, 0.1) is 56.2 Å². The lowest BCUT2D eigenvalue weighted by atomic mass is 9.89. The topological polar surface area (TPSA) is 184 Å². The number of hydrogen-bond acceptors (Lipinski definition) is 10. The van der Waals surface area contributed by atoms with Gasteiger partial charge in [0.25, 0.3) is 0 Å². The van der Waals surface area contributed by atoms with Gasteiger partial charge in [-0.15, -0.1) is 0 Å². The Labute approximate surface area is 326 Å². The number of rotatable bonds is 22. The summed E-state index contributed by atoms with van der Waals surface area (Å²) in [5.41, 5.74) is 0.851. The molecule has 2 rings (SSSR count). The lowest BCUT2D eigenvalue weighted by Gasteiger charge is -2.40. The van der Waals surface area contributed by atoms with Crippen LogP contribution in [-0.2, 0) is 49.4 Å². The molecule has 15 heteroatoms. The number of benzene rings is 1. The number of carboxylic acid groups (broad SMARTS) is 1. The van der Waals surface area contributed by atoms with Crippen LogP contribution in [0.25, 0.3) is 0 Å². The van der Waals surface area contributed by atoms with Crippen molar-refractivity contribution in [3.63, 3.8) is 0 Å². The second-order valence-electron chi connectivity index (χ2n) is 15.2. The summed E-state index contributed by atoms with van der Waals surface area (Å²) < 4.78 is 16.8. The Bertz CT molecular complexity index is 1420. The highest BCUT2D eigenvalue weighted by Gasteiger charge is 2.43. The van der Waals surface area contributed by atoms with Crippen molar-refractivity contribution in [1.29, 1.82) is 0 Å². The van der Waals surface area contributed by atoms with E-state index in [1.165, 1.54) is 26.2 Å². The SMILES string of the molecule is CC[C@H](C)[C@@H]([C@@H](CC(=O)N1CCCC1[C@H](OC)[C@@H](C)C(=O)NC(Cc1ccccc1)C(=O)OC)OC)N(C)C(=O)C(CC(=O)O)NC(=O)C(C(C)C)N(C)C. The third-order valence-electron chi connectivity index (χ3n) is 10.8. The van der Waals surface area contributed by atoms with Crippen molar-refractivity contribution in [1.82, 2.24) is 25.3 Å². The minimum Gasteiger partial charge on any atom is -0.481 e. The maximum Gasteiger partial charge on any atom is 0.328 e. The van der Waals surface area contributed by atoms with Crippen LogP contribution in [0.2, 0.25) is 0 Å². The second kappa shape index (κ2) is 22.5. The maximum atomic E-state index is 14.2. The summed E-state index contributed by atoms with van der Waals surface area (Å²) in [4.78, 5) is 84.6. The van der Waals surface area contributed by atoms with E-state index in [1.54, 1.807) is 37.9 Å². The van der Waals surface area contributed by atoms with Gasteiger partial charge in [0, 0.05) is 34.2 Å². The predicted molar refractivity (Wildman–Crippen MR) is 207 cm³/mol. The van der Waals surface area contributed by atoms with Gasteiger partial charge in [-0.1, -0.05) is 71.4 Å². The van der Waals surface area contributed by atoms with Crippen LogP contribution in [0.5, 0.6) is 0 Å². The number of likely N-dealkylation sites (N-methyl/N-ethyl adjacent to an activating group) is 2. The van der Waals surface area contributed by atoms with Crippen molar-refractivity contribution in [3.8, 4) is 0 Å². The number of carbonyl (C=O) groups excluding carboxylic acids is 5. The summed E-state index contributed by atoms with van der Waals surface area (Å²) in [6, 6.07) is 5.31. The van der Waals surface area contributed by atoms with Crippen LogP contribution < -0.4 is 10.6 Å². The summed E-state index contributed by atoms with van der Waals surface area (Å²) in [6.07, 6.45) is -0.106. The van der Waals surface area contributed by atoms with Gasteiger partial charge < -0.3 is 39.8 Å². The lowest BCUT2D eigenvalue weighted by molar-refractivity contribution is -0.149. The van der Waals surface area contributed by atoms with Gasteiger partial charge in [0.1, 0.15) is 12.1 Å². The second-order valence-corrected chi connectivity index (χ2v) is 15.2. The van der Waals surface area contributed by atoms with Crippen LogP contribution in [0.1, 0.15) is 72.3 Å². The smallest absolute Gasteiger partial charge is 0.328 e. The Morgan fingerprint density at radius 3 is 2.02 bits per heavy atom. The number of likely N-dealkylation sites (tertiary alicyclic amines) is 1. The van der Waals surface area contributed by atoms with E-state index in [0.29, 0.717) is 25.8 Å². The normalized spacial score (nSPS) is 18.7. The molecule has 15 nitrogen and oxygen atoms in total. The number of ether oxygens (including phenoxy) is 3. The fourth-order valence-corrected chi connectivity index (χ4v) is 7.81. The fourth-order valence-electron chi connectivity index (χ4n) is 7.81. The average Bonchev–Trinajstić information content (AvgIpc) is 3.62. The standard InChI is InChI=1S/C40H65N5O10/c1-12-25(4)35(44(8)39(51)28(22-33(47)48)41-38(50)34(24(2)3)43(6)7)31(53-9)23-32(46)45-20-16-19-30(45)36(54-10)26(5)37(49)42-29(40(52)55-11)21-27-17-14-13-15-18-27/h13-15,17-18,24-26,28-31,34-36H,12,16,19-23H2,1-11H3,(H,41,50)(H,42,49)(H,47,48)/t25-,26+,28?,29?,30?,31+,34?,35-,36+/m0/s1. The number of amides is 4. The van der Waals surface area contributed by atoms with Crippen molar-refractivity contribution >= 4 is 35.6 Å². The molecule has 0 saturated carbocycles. The van der Waals surface area contributed by atoms with E-state index in [-0.39, 0.29) is 30.6 Å². The predicted octanol–water partition coefficient (Wildman–Crippen LogP) is 2.35. The molecule has 310 valence electrons. The fraction of sp³-hybridized carbons (Fsp3) is 0.700. The maximum absolute atomic E-state index is 14.2. The summed E-state index contributed by atoms with van der Waals surface area (Å²) in [5.74, 6) is -4.59. The minimum atomic E-state index is -1.35. The summed E-state index contributed by atoms with van der Waals surface area (Å²) in [7, 11) is 9.25. The van der Waals surface area contributed by atoms with Gasteiger partial charge >= 0.3 is 11.9 Å². The molecule has 1 heterocycles. The van der Waals surface area contributed by atoms with E-state index >= 15 is 0 Å².